The summed E-state index contributed by atoms with van der Waals surface area (Å²) in [5.74, 6) is 1.77. The Labute approximate surface area is 111 Å². The summed E-state index contributed by atoms with van der Waals surface area (Å²) in [6.45, 7) is 2.10. The molecule has 0 N–H and O–H groups in total. The van der Waals surface area contributed by atoms with Crippen LogP contribution in [-0.4, -0.2) is 17.3 Å². The largest absolute Gasteiger partial charge is 0.298 e. The zero-order chi connectivity index (χ0) is 12.0. The summed E-state index contributed by atoms with van der Waals surface area (Å²) < 4.78 is 0. The molecule has 0 aliphatic heterocycles. The molecule has 0 unspecified atom stereocenters. The number of benzene rings is 1. The Morgan fingerprint density at radius 1 is 1.38 bits per heavy atom. The van der Waals surface area contributed by atoms with Crippen LogP contribution >= 0.6 is 35.0 Å². The quantitative estimate of drug-likeness (QED) is 0.723. The maximum absolute atomic E-state index is 11.6. The van der Waals surface area contributed by atoms with E-state index in [0.29, 0.717) is 22.2 Å². The number of carbonyl (C=O) groups is 1. The molecule has 4 heteroatoms. The number of rotatable bonds is 6. The van der Waals surface area contributed by atoms with Gasteiger partial charge < -0.3 is 0 Å². The first kappa shape index (κ1) is 13.9. The minimum atomic E-state index is 0.197. The third-order valence-corrected chi connectivity index (χ3v) is 4.11. The van der Waals surface area contributed by atoms with Crippen LogP contribution in [-0.2, 0) is 11.2 Å². The van der Waals surface area contributed by atoms with E-state index < -0.39 is 0 Å². The van der Waals surface area contributed by atoms with Gasteiger partial charge in [-0.15, -0.1) is 0 Å². The summed E-state index contributed by atoms with van der Waals surface area (Å²) in [6, 6.07) is 5.39. The van der Waals surface area contributed by atoms with Crippen molar-refractivity contribution in [2.75, 3.05) is 11.5 Å². The van der Waals surface area contributed by atoms with Gasteiger partial charge in [-0.3, -0.25) is 4.79 Å². The van der Waals surface area contributed by atoms with Crippen LogP contribution in [0.1, 0.15) is 18.9 Å². The number of hydrogen-bond acceptors (Lipinski definition) is 2. The molecule has 0 saturated heterocycles. The van der Waals surface area contributed by atoms with Crippen molar-refractivity contribution in [2.45, 2.75) is 19.8 Å². The summed E-state index contributed by atoms with van der Waals surface area (Å²) in [6.07, 6.45) is 1.46. The van der Waals surface area contributed by atoms with Gasteiger partial charge in [-0.25, -0.2) is 0 Å². The lowest BCUT2D eigenvalue weighted by Gasteiger charge is -2.04. The second kappa shape index (κ2) is 7.21. The zero-order valence-corrected chi connectivity index (χ0v) is 11.5. The number of carbonyl (C=O) groups excluding carboxylic acids is 1. The standard InChI is InChI=1S/C12H14Cl2OS/c1-2-6-16-8-10(15)7-9-4-3-5-11(13)12(9)14/h3-5H,2,6-8H2,1H3. The van der Waals surface area contributed by atoms with Crippen LogP contribution in [0.3, 0.4) is 0 Å². The average molecular weight is 277 g/mol. The van der Waals surface area contributed by atoms with Gasteiger partial charge >= 0.3 is 0 Å². The molecule has 0 fully saturated rings. The van der Waals surface area contributed by atoms with Crippen molar-refractivity contribution >= 4 is 40.7 Å². The predicted octanol–water partition coefficient (Wildman–Crippen LogP) is 4.25. The average Bonchev–Trinajstić information content (AvgIpc) is 2.25. The lowest BCUT2D eigenvalue weighted by Crippen LogP contribution is -2.06. The van der Waals surface area contributed by atoms with Crippen LogP contribution in [0.15, 0.2) is 18.2 Å². The van der Waals surface area contributed by atoms with Gasteiger partial charge in [0.2, 0.25) is 0 Å². The summed E-state index contributed by atoms with van der Waals surface area (Å²) in [5, 5.41) is 1.01. The van der Waals surface area contributed by atoms with Crippen molar-refractivity contribution < 1.29 is 4.79 Å². The summed E-state index contributed by atoms with van der Waals surface area (Å²) in [5.41, 5.74) is 0.816. The normalized spacial score (nSPS) is 10.4. The summed E-state index contributed by atoms with van der Waals surface area (Å²) >= 11 is 13.5. The lowest BCUT2D eigenvalue weighted by molar-refractivity contribution is -0.116. The summed E-state index contributed by atoms with van der Waals surface area (Å²) in [7, 11) is 0. The summed E-state index contributed by atoms with van der Waals surface area (Å²) in [4.78, 5) is 11.6. The fraction of sp³-hybridized carbons (Fsp3) is 0.417. The number of halogens is 2. The van der Waals surface area contributed by atoms with Crippen LogP contribution in [0.4, 0.5) is 0 Å². The Hall–Kier alpha value is -0.180. The van der Waals surface area contributed by atoms with Crippen LogP contribution in [0.5, 0.6) is 0 Å². The molecule has 88 valence electrons. The Balaban J connectivity index is 2.53. The zero-order valence-electron chi connectivity index (χ0n) is 9.13. The fourth-order valence-electron chi connectivity index (χ4n) is 1.28. The molecule has 1 rings (SSSR count). The molecule has 0 bridgehead atoms. The number of hydrogen-bond donors (Lipinski definition) is 0. The number of Topliss-reactive ketones (excluding diaryl/α,β-unsaturated/α-hetero) is 1. The molecule has 0 atom stereocenters. The van der Waals surface area contributed by atoms with Crippen molar-refractivity contribution in [3.8, 4) is 0 Å². The Morgan fingerprint density at radius 2 is 2.12 bits per heavy atom. The molecule has 1 aromatic carbocycles. The van der Waals surface area contributed by atoms with Crippen LogP contribution in [0, 0.1) is 0 Å². The minimum Gasteiger partial charge on any atom is -0.298 e. The third kappa shape index (κ3) is 4.36. The molecule has 1 aromatic rings. The van der Waals surface area contributed by atoms with Gasteiger partial charge in [0.05, 0.1) is 15.8 Å². The number of thioether (sulfide) groups is 1. The molecule has 1 nitrogen and oxygen atoms in total. The van der Waals surface area contributed by atoms with Gasteiger partial charge in [0.25, 0.3) is 0 Å². The van der Waals surface area contributed by atoms with Gasteiger partial charge in [0.1, 0.15) is 5.78 Å². The molecule has 0 heterocycles. The first-order valence-electron chi connectivity index (χ1n) is 5.17. The highest BCUT2D eigenvalue weighted by Gasteiger charge is 2.09. The molecule has 0 aliphatic carbocycles. The van der Waals surface area contributed by atoms with Crippen LogP contribution < -0.4 is 0 Å². The van der Waals surface area contributed by atoms with Gasteiger partial charge in [0.15, 0.2) is 0 Å². The Kier molecular flexibility index (Phi) is 6.25. The van der Waals surface area contributed by atoms with Crippen molar-refractivity contribution in [2.24, 2.45) is 0 Å². The Morgan fingerprint density at radius 3 is 2.81 bits per heavy atom. The Bertz CT molecular complexity index is 366. The highest BCUT2D eigenvalue weighted by molar-refractivity contribution is 7.99. The van der Waals surface area contributed by atoms with E-state index in [1.54, 1.807) is 17.8 Å². The van der Waals surface area contributed by atoms with Crippen LogP contribution in [0.25, 0.3) is 0 Å². The molecule has 0 aliphatic rings. The van der Waals surface area contributed by atoms with Gasteiger partial charge in [-0.2, -0.15) is 11.8 Å². The lowest BCUT2D eigenvalue weighted by atomic mass is 10.1. The van der Waals surface area contributed by atoms with Gasteiger partial charge in [-0.1, -0.05) is 42.3 Å². The topological polar surface area (TPSA) is 17.1 Å². The molecule has 0 amide bonds. The molecule has 0 aromatic heterocycles. The predicted molar refractivity (Wildman–Crippen MR) is 72.8 cm³/mol. The van der Waals surface area contributed by atoms with Gasteiger partial charge in [0, 0.05) is 6.42 Å². The monoisotopic (exact) mass is 276 g/mol. The van der Waals surface area contributed by atoms with E-state index in [0.717, 1.165) is 17.7 Å². The van der Waals surface area contributed by atoms with E-state index in [2.05, 4.69) is 6.92 Å². The van der Waals surface area contributed by atoms with Crippen LogP contribution in [0.2, 0.25) is 10.0 Å². The molecule has 0 saturated carbocycles. The van der Waals surface area contributed by atoms with E-state index in [9.17, 15) is 4.79 Å². The maximum atomic E-state index is 11.6. The fourth-order valence-corrected chi connectivity index (χ4v) is 2.43. The second-order valence-corrected chi connectivity index (χ2v) is 5.37. The van der Waals surface area contributed by atoms with Crippen molar-refractivity contribution in [3.05, 3.63) is 33.8 Å². The molecule has 0 spiro atoms. The first-order valence-corrected chi connectivity index (χ1v) is 7.08. The molecular weight excluding hydrogens is 263 g/mol. The molecule has 0 radical (unpaired) electrons. The smallest absolute Gasteiger partial charge is 0.147 e. The maximum Gasteiger partial charge on any atom is 0.147 e. The van der Waals surface area contributed by atoms with E-state index in [4.69, 9.17) is 23.2 Å². The molecular formula is C12H14Cl2OS. The van der Waals surface area contributed by atoms with E-state index in [1.165, 1.54) is 0 Å². The van der Waals surface area contributed by atoms with Crippen molar-refractivity contribution in [3.63, 3.8) is 0 Å². The van der Waals surface area contributed by atoms with E-state index in [1.807, 2.05) is 12.1 Å². The SMILES string of the molecule is CCCSCC(=O)Cc1cccc(Cl)c1Cl. The van der Waals surface area contributed by atoms with Gasteiger partial charge in [-0.05, 0) is 23.8 Å². The van der Waals surface area contributed by atoms with Crippen molar-refractivity contribution in [1.29, 1.82) is 0 Å². The number of ketones is 1. The van der Waals surface area contributed by atoms with E-state index in [-0.39, 0.29) is 5.78 Å². The minimum absolute atomic E-state index is 0.197. The highest BCUT2D eigenvalue weighted by Crippen LogP contribution is 2.26. The van der Waals surface area contributed by atoms with Crippen molar-refractivity contribution in [1.82, 2.24) is 0 Å². The first-order chi connectivity index (χ1) is 7.65. The molecule has 16 heavy (non-hydrogen) atoms. The third-order valence-electron chi connectivity index (χ3n) is 2.03. The second-order valence-electron chi connectivity index (χ2n) is 3.48. The highest BCUT2D eigenvalue weighted by atomic mass is 35.5. The van der Waals surface area contributed by atoms with E-state index >= 15 is 0 Å².